The summed E-state index contributed by atoms with van der Waals surface area (Å²) in [5.74, 6) is 1.96. The maximum Gasteiger partial charge on any atom is 0.119 e. The third-order valence-corrected chi connectivity index (χ3v) is 16.7. The number of hydrogen-bond acceptors (Lipinski definition) is 2. The SMILES string of the molecule is CCCCCC[N+](C)(C)CCCCCC[N+](C)(C)CCCCCCCCCCCCOc1ccc(-c2ccc(OCCCCCCCCCCCC[N+](C)(C)CCCCCC[N+](C)(C)CCCCCC)cc2)cc1. The summed E-state index contributed by atoms with van der Waals surface area (Å²) in [6, 6.07) is 17.3. The minimum absolute atomic E-state index is 0.814. The van der Waals surface area contributed by atoms with Gasteiger partial charge in [-0.15, -0.1) is 0 Å². The second-order valence-electron chi connectivity index (χ2n) is 26.3. The van der Waals surface area contributed by atoms with Crippen molar-refractivity contribution in [3.8, 4) is 22.6 Å². The number of hydrogen-bond donors (Lipinski definition) is 0. The van der Waals surface area contributed by atoms with Crippen LogP contribution in [0.3, 0.4) is 0 Å². The lowest BCUT2D eigenvalue weighted by Crippen LogP contribution is -2.41. The molecule has 0 atom stereocenters. The lowest BCUT2D eigenvalue weighted by Gasteiger charge is -2.31. The average molecular weight is 1040 g/mol. The first-order chi connectivity index (χ1) is 35.7. The molecule has 0 spiro atoms. The van der Waals surface area contributed by atoms with Crippen LogP contribution in [0.1, 0.15) is 245 Å². The molecule has 0 aliphatic rings. The van der Waals surface area contributed by atoms with Gasteiger partial charge in [-0.05, 0) is 151 Å². The molecule has 0 aromatic heterocycles. The number of rotatable bonds is 53. The number of benzene rings is 2. The quantitative estimate of drug-likeness (QED) is 0.0486. The normalized spacial score (nSPS) is 12.5. The molecule has 2 aromatic rings. The van der Waals surface area contributed by atoms with Crippen molar-refractivity contribution in [2.75, 3.05) is 122 Å². The van der Waals surface area contributed by atoms with Crippen molar-refractivity contribution >= 4 is 0 Å². The first-order valence-electron chi connectivity index (χ1n) is 32.4. The zero-order valence-electron chi connectivity index (χ0n) is 51.8. The van der Waals surface area contributed by atoms with Gasteiger partial charge in [-0.3, -0.25) is 0 Å². The van der Waals surface area contributed by atoms with E-state index >= 15 is 0 Å². The van der Waals surface area contributed by atoms with Gasteiger partial charge in [0, 0.05) is 0 Å². The Morgan fingerprint density at radius 3 is 0.608 bits per heavy atom. The zero-order valence-corrected chi connectivity index (χ0v) is 51.8. The van der Waals surface area contributed by atoms with E-state index in [1.807, 2.05) is 0 Å². The van der Waals surface area contributed by atoms with Crippen LogP contribution in [0.2, 0.25) is 0 Å². The topological polar surface area (TPSA) is 18.5 Å². The lowest BCUT2D eigenvalue weighted by molar-refractivity contribution is -0.891. The molecule has 0 N–H and O–H groups in total. The van der Waals surface area contributed by atoms with Gasteiger partial charge in [0.2, 0.25) is 0 Å². The van der Waals surface area contributed by atoms with E-state index in [1.54, 1.807) is 0 Å². The fourth-order valence-electron chi connectivity index (χ4n) is 11.2. The molecule has 0 aliphatic heterocycles. The molecule has 0 amide bonds. The van der Waals surface area contributed by atoms with E-state index in [0.29, 0.717) is 0 Å². The molecule has 430 valence electrons. The van der Waals surface area contributed by atoms with Crippen LogP contribution in [0.25, 0.3) is 11.1 Å². The summed E-state index contributed by atoms with van der Waals surface area (Å²) in [5.41, 5.74) is 2.45. The Hall–Kier alpha value is -2.12. The van der Waals surface area contributed by atoms with Gasteiger partial charge in [-0.25, -0.2) is 0 Å². The van der Waals surface area contributed by atoms with Gasteiger partial charge < -0.3 is 27.4 Å². The van der Waals surface area contributed by atoms with E-state index in [9.17, 15) is 0 Å². The molecule has 0 unspecified atom stereocenters. The molecule has 0 saturated carbocycles. The molecule has 0 heterocycles. The molecule has 0 fully saturated rings. The van der Waals surface area contributed by atoms with Crippen molar-refractivity contribution in [2.24, 2.45) is 0 Å². The third kappa shape index (κ3) is 39.3. The molecule has 6 heteroatoms. The van der Waals surface area contributed by atoms with Crippen LogP contribution in [0.5, 0.6) is 11.5 Å². The van der Waals surface area contributed by atoms with Crippen LogP contribution in [0, 0.1) is 0 Å². The molecule has 0 aliphatic carbocycles. The highest BCUT2D eigenvalue weighted by Gasteiger charge is 2.18. The van der Waals surface area contributed by atoms with Crippen molar-refractivity contribution in [2.45, 2.75) is 245 Å². The Balaban J connectivity index is 1.37. The maximum atomic E-state index is 6.11. The smallest absolute Gasteiger partial charge is 0.119 e. The molecule has 2 rings (SSSR count). The van der Waals surface area contributed by atoms with E-state index in [0.717, 1.165) is 37.6 Å². The van der Waals surface area contributed by atoms with Gasteiger partial charge in [0.25, 0.3) is 0 Å². The average Bonchev–Trinajstić information content (AvgIpc) is 3.37. The summed E-state index contributed by atoms with van der Waals surface area (Å²) in [4.78, 5) is 0. The fourth-order valence-corrected chi connectivity index (χ4v) is 11.2. The molecular formula is C68H130N4O2+4. The maximum absolute atomic E-state index is 6.11. The summed E-state index contributed by atoms with van der Waals surface area (Å²) in [6.07, 6.45) is 49.4. The van der Waals surface area contributed by atoms with Crippen molar-refractivity contribution < 1.29 is 27.4 Å². The number of nitrogens with zero attached hydrogens (tertiary/aromatic N) is 4. The summed E-state index contributed by atoms with van der Waals surface area (Å²) < 4.78 is 17.1. The van der Waals surface area contributed by atoms with Crippen LogP contribution < -0.4 is 9.47 Å². The molecule has 0 saturated heterocycles. The summed E-state index contributed by atoms with van der Waals surface area (Å²) in [5, 5.41) is 0. The predicted molar refractivity (Wildman–Crippen MR) is 328 cm³/mol. The Labute approximate surface area is 463 Å². The summed E-state index contributed by atoms with van der Waals surface area (Å²) >= 11 is 0. The minimum Gasteiger partial charge on any atom is -0.494 e. The molecule has 2 aromatic carbocycles. The highest BCUT2D eigenvalue weighted by molar-refractivity contribution is 5.64. The van der Waals surface area contributed by atoms with E-state index in [2.05, 4.69) is 119 Å². The lowest BCUT2D eigenvalue weighted by atomic mass is 10.1. The van der Waals surface area contributed by atoms with Gasteiger partial charge >= 0.3 is 0 Å². The van der Waals surface area contributed by atoms with Crippen LogP contribution >= 0.6 is 0 Å². The molecule has 74 heavy (non-hydrogen) atoms. The number of quaternary nitrogens is 4. The van der Waals surface area contributed by atoms with Crippen molar-refractivity contribution in [3.05, 3.63) is 48.5 Å². The van der Waals surface area contributed by atoms with Gasteiger partial charge in [0.15, 0.2) is 0 Å². The van der Waals surface area contributed by atoms with Crippen LogP contribution in [0.15, 0.2) is 48.5 Å². The van der Waals surface area contributed by atoms with Crippen molar-refractivity contribution in [1.29, 1.82) is 0 Å². The van der Waals surface area contributed by atoms with E-state index in [-0.39, 0.29) is 0 Å². The number of unbranched alkanes of at least 4 members (excludes halogenated alkanes) is 30. The Morgan fingerprint density at radius 2 is 0.405 bits per heavy atom. The summed E-state index contributed by atoms with van der Waals surface area (Å²) in [6.45, 7) is 17.0. The standard InChI is InChI=1S/C68H130N4O2/c1-11-13-15-37-55-69(3,4)59-41-31-33-43-61-71(7,8)57-39-29-25-21-17-19-23-27-35-45-63-73-67-51-47-65(48-52-67)66-49-53-68(54-50-66)74-64-46-36-28-24-20-18-22-26-30-40-58-72(9,10)62-44-34-32-42-60-70(5,6)56-38-16-14-12-2/h47-54H,11-46,55-64H2,1-10H3/q+4. The Kier molecular flexibility index (Phi) is 39.4. The third-order valence-electron chi connectivity index (χ3n) is 16.7. The monoisotopic (exact) mass is 1040 g/mol. The minimum atomic E-state index is 0.814. The molecule has 0 radical (unpaired) electrons. The van der Waals surface area contributed by atoms with Crippen molar-refractivity contribution in [1.82, 2.24) is 0 Å². The molecular weight excluding hydrogens is 905 g/mol. The molecule has 6 nitrogen and oxygen atoms in total. The van der Waals surface area contributed by atoms with Gasteiger partial charge in [-0.1, -0.05) is 154 Å². The highest BCUT2D eigenvalue weighted by Crippen LogP contribution is 2.26. The van der Waals surface area contributed by atoms with Crippen molar-refractivity contribution in [3.63, 3.8) is 0 Å². The Morgan fingerprint density at radius 1 is 0.230 bits per heavy atom. The summed E-state index contributed by atoms with van der Waals surface area (Å²) in [7, 11) is 19.6. The second kappa shape index (κ2) is 42.8. The van der Waals surface area contributed by atoms with E-state index < -0.39 is 0 Å². The van der Waals surface area contributed by atoms with Crippen LogP contribution in [-0.2, 0) is 0 Å². The van der Waals surface area contributed by atoms with Crippen LogP contribution in [-0.4, -0.2) is 140 Å². The number of ether oxygens (including phenoxy) is 2. The zero-order chi connectivity index (χ0) is 53.9. The van der Waals surface area contributed by atoms with E-state index in [1.165, 1.54) is 300 Å². The first-order valence-corrected chi connectivity index (χ1v) is 32.4. The first kappa shape index (κ1) is 68.0. The fraction of sp³-hybridized carbons (Fsp3) is 0.824. The largest absolute Gasteiger partial charge is 0.494 e. The van der Waals surface area contributed by atoms with Crippen LogP contribution in [0.4, 0.5) is 0 Å². The van der Waals surface area contributed by atoms with Gasteiger partial charge in [0.05, 0.1) is 122 Å². The Bertz CT molecular complexity index is 1420. The van der Waals surface area contributed by atoms with Gasteiger partial charge in [-0.2, -0.15) is 0 Å². The van der Waals surface area contributed by atoms with E-state index in [4.69, 9.17) is 9.47 Å². The second-order valence-corrected chi connectivity index (χ2v) is 26.3. The predicted octanol–water partition coefficient (Wildman–Crippen LogP) is 18.5. The highest BCUT2D eigenvalue weighted by atomic mass is 16.5. The van der Waals surface area contributed by atoms with Gasteiger partial charge in [0.1, 0.15) is 11.5 Å². The molecule has 0 bridgehead atoms.